The van der Waals surface area contributed by atoms with Gasteiger partial charge in [-0.25, -0.2) is 4.98 Å². The molecule has 1 aromatic carbocycles. The Morgan fingerprint density at radius 2 is 2.25 bits per heavy atom. The summed E-state index contributed by atoms with van der Waals surface area (Å²) in [5, 5.41) is 0. The summed E-state index contributed by atoms with van der Waals surface area (Å²) in [7, 11) is 0. The van der Waals surface area contributed by atoms with Crippen LogP contribution in [-0.2, 0) is 6.42 Å². The van der Waals surface area contributed by atoms with E-state index in [1.54, 1.807) is 12.5 Å². The van der Waals surface area contributed by atoms with Gasteiger partial charge in [0.15, 0.2) is 0 Å². The van der Waals surface area contributed by atoms with Crippen LogP contribution in [-0.4, -0.2) is 15.6 Å². The lowest BCUT2D eigenvalue weighted by Crippen LogP contribution is -2.18. The fourth-order valence-electron chi connectivity index (χ4n) is 1.83. The second-order valence-corrected chi connectivity index (χ2v) is 4.26. The summed E-state index contributed by atoms with van der Waals surface area (Å²) in [6.45, 7) is 4.15. The molecule has 0 radical (unpaired) electrons. The van der Waals surface area contributed by atoms with Crippen molar-refractivity contribution in [3.63, 3.8) is 0 Å². The Kier molecular flexibility index (Phi) is 3.06. The first kappa shape index (κ1) is 10.9. The van der Waals surface area contributed by atoms with Crippen LogP contribution in [0.5, 0.6) is 0 Å². The van der Waals surface area contributed by atoms with E-state index in [-0.39, 0.29) is 6.04 Å². The number of aromatic nitrogens is 2. The third-order valence-electron chi connectivity index (χ3n) is 2.67. The molecule has 84 valence electrons. The van der Waals surface area contributed by atoms with Gasteiger partial charge in [-0.05, 0) is 43.5 Å². The number of imidazole rings is 1. The van der Waals surface area contributed by atoms with Gasteiger partial charge in [-0.2, -0.15) is 0 Å². The number of rotatable bonds is 3. The van der Waals surface area contributed by atoms with E-state index >= 15 is 0 Å². The van der Waals surface area contributed by atoms with Crippen LogP contribution >= 0.6 is 0 Å². The highest BCUT2D eigenvalue weighted by Gasteiger charge is 2.03. The summed E-state index contributed by atoms with van der Waals surface area (Å²) >= 11 is 0. The third-order valence-corrected chi connectivity index (χ3v) is 2.67. The molecule has 2 aromatic rings. The van der Waals surface area contributed by atoms with Crippen LogP contribution < -0.4 is 5.73 Å². The van der Waals surface area contributed by atoms with Crippen LogP contribution in [0.2, 0.25) is 0 Å². The lowest BCUT2D eigenvalue weighted by molar-refractivity contribution is 0.734. The first-order chi connectivity index (χ1) is 7.66. The summed E-state index contributed by atoms with van der Waals surface area (Å²) in [6.07, 6.45) is 6.46. The topological polar surface area (TPSA) is 43.8 Å². The van der Waals surface area contributed by atoms with Crippen molar-refractivity contribution < 1.29 is 0 Å². The molecule has 1 unspecified atom stereocenters. The molecule has 1 atom stereocenters. The molecule has 0 saturated heterocycles. The predicted molar refractivity (Wildman–Crippen MR) is 65.7 cm³/mol. The second-order valence-electron chi connectivity index (χ2n) is 4.26. The quantitative estimate of drug-likeness (QED) is 0.851. The van der Waals surface area contributed by atoms with Crippen LogP contribution in [0.25, 0.3) is 5.69 Å². The standard InChI is InChI=1S/C13H17N3/c1-10-7-13(16-6-5-15-9-16)4-3-12(10)8-11(2)14/h3-7,9,11H,8,14H2,1-2H3. The van der Waals surface area contributed by atoms with Crippen molar-refractivity contribution in [2.75, 3.05) is 0 Å². The van der Waals surface area contributed by atoms with Gasteiger partial charge in [-0.15, -0.1) is 0 Å². The third kappa shape index (κ3) is 2.31. The molecule has 2 N–H and O–H groups in total. The molecule has 3 heteroatoms. The zero-order chi connectivity index (χ0) is 11.5. The van der Waals surface area contributed by atoms with Gasteiger partial charge in [0.2, 0.25) is 0 Å². The fourth-order valence-corrected chi connectivity index (χ4v) is 1.83. The molecule has 0 spiro atoms. The van der Waals surface area contributed by atoms with Gasteiger partial charge in [0.25, 0.3) is 0 Å². The highest BCUT2D eigenvalue weighted by Crippen LogP contribution is 2.15. The van der Waals surface area contributed by atoms with E-state index in [9.17, 15) is 0 Å². The van der Waals surface area contributed by atoms with Gasteiger partial charge in [0.1, 0.15) is 0 Å². The van der Waals surface area contributed by atoms with Crippen LogP contribution in [0.4, 0.5) is 0 Å². The minimum atomic E-state index is 0.206. The molecule has 0 aliphatic carbocycles. The van der Waals surface area contributed by atoms with E-state index in [1.165, 1.54) is 11.1 Å². The lowest BCUT2D eigenvalue weighted by atomic mass is 10.0. The molecule has 3 nitrogen and oxygen atoms in total. The minimum absolute atomic E-state index is 0.206. The summed E-state index contributed by atoms with van der Waals surface area (Å²) in [4.78, 5) is 4.04. The molecule has 2 rings (SSSR count). The first-order valence-corrected chi connectivity index (χ1v) is 5.50. The van der Waals surface area contributed by atoms with Gasteiger partial charge in [0, 0.05) is 24.1 Å². The zero-order valence-corrected chi connectivity index (χ0v) is 9.72. The molecule has 0 fully saturated rings. The Labute approximate surface area is 95.9 Å². The first-order valence-electron chi connectivity index (χ1n) is 5.50. The highest BCUT2D eigenvalue weighted by atomic mass is 15.0. The molecule has 1 heterocycles. The van der Waals surface area contributed by atoms with Crippen molar-refractivity contribution >= 4 is 0 Å². The van der Waals surface area contributed by atoms with Crippen LogP contribution in [0.15, 0.2) is 36.9 Å². The number of nitrogens with two attached hydrogens (primary N) is 1. The molecular weight excluding hydrogens is 198 g/mol. The Morgan fingerprint density at radius 3 is 2.81 bits per heavy atom. The number of aryl methyl sites for hydroxylation is 1. The van der Waals surface area contributed by atoms with Gasteiger partial charge >= 0.3 is 0 Å². The van der Waals surface area contributed by atoms with Gasteiger partial charge < -0.3 is 10.3 Å². The van der Waals surface area contributed by atoms with E-state index in [1.807, 2.05) is 17.7 Å². The molecular formula is C13H17N3. The maximum Gasteiger partial charge on any atom is 0.0991 e. The van der Waals surface area contributed by atoms with Gasteiger partial charge in [-0.1, -0.05) is 6.07 Å². The van der Waals surface area contributed by atoms with E-state index < -0.39 is 0 Å². The van der Waals surface area contributed by atoms with Crippen LogP contribution in [0.1, 0.15) is 18.1 Å². The minimum Gasteiger partial charge on any atom is -0.328 e. The van der Waals surface area contributed by atoms with Crippen molar-refractivity contribution in [2.45, 2.75) is 26.3 Å². The van der Waals surface area contributed by atoms with Crippen molar-refractivity contribution in [2.24, 2.45) is 5.73 Å². The van der Waals surface area contributed by atoms with Gasteiger partial charge in [-0.3, -0.25) is 0 Å². The van der Waals surface area contributed by atoms with E-state index in [4.69, 9.17) is 5.73 Å². The number of hydrogen-bond donors (Lipinski definition) is 1. The highest BCUT2D eigenvalue weighted by molar-refractivity contribution is 5.40. The SMILES string of the molecule is Cc1cc(-n2ccnc2)ccc1CC(C)N. The molecule has 0 bridgehead atoms. The average molecular weight is 215 g/mol. The lowest BCUT2D eigenvalue weighted by Gasteiger charge is -2.11. The smallest absolute Gasteiger partial charge is 0.0991 e. The summed E-state index contributed by atoms with van der Waals surface area (Å²) in [6, 6.07) is 6.62. The maximum atomic E-state index is 5.81. The van der Waals surface area contributed by atoms with E-state index in [2.05, 4.69) is 30.1 Å². The molecule has 0 amide bonds. The van der Waals surface area contributed by atoms with Crippen molar-refractivity contribution in [3.05, 3.63) is 48.0 Å². The molecule has 0 aliphatic heterocycles. The summed E-state index contributed by atoms with van der Waals surface area (Å²) < 4.78 is 2.00. The Hall–Kier alpha value is -1.61. The number of hydrogen-bond acceptors (Lipinski definition) is 2. The predicted octanol–water partition coefficient (Wildman–Crippen LogP) is 2.07. The Morgan fingerprint density at radius 1 is 1.44 bits per heavy atom. The van der Waals surface area contributed by atoms with Crippen LogP contribution in [0, 0.1) is 6.92 Å². The maximum absolute atomic E-state index is 5.81. The number of nitrogens with zero attached hydrogens (tertiary/aromatic N) is 2. The summed E-state index contributed by atoms with van der Waals surface area (Å²) in [5.74, 6) is 0. The zero-order valence-electron chi connectivity index (χ0n) is 9.72. The Bertz CT molecular complexity index is 458. The Balaban J connectivity index is 2.29. The average Bonchev–Trinajstić information content (AvgIpc) is 2.73. The molecule has 16 heavy (non-hydrogen) atoms. The second kappa shape index (κ2) is 4.49. The van der Waals surface area contributed by atoms with Crippen LogP contribution in [0.3, 0.4) is 0 Å². The largest absolute Gasteiger partial charge is 0.328 e. The normalized spacial score (nSPS) is 12.7. The van der Waals surface area contributed by atoms with Gasteiger partial charge in [0.05, 0.1) is 6.33 Å². The molecule has 0 aliphatic rings. The fraction of sp³-hybridized carbons (Fsp3) is 0.308. The molecule has 1 aromatic heterocycles. The van der Waals surface area contributed by atoms with Crippen molar-refractivity contribution in [3.8, 4) is 5.69 Å². The van der Waals surface area contributed by atoms with Crippen molar-refractivity contribution in [1.29, 1.82) is 0 Å². The number of benzene rings is 1. The van der Waals surface area contributed by atoms with E-state index in [0.717, 1.165) is 12.1 Å². The summed E-state index contributed by atoms with van der Waals surface area (Å²) in [5.41, 5.74) is 9.55. The molecule has 0 saturated carbocycles. The van der Waals surface area contributed by atoms with E-state index in [0.29, 0.717) is 0 Å². The monoisotopic (exact) mass is 215 g/mol. The van der Waals surface area contributed by atoms with Crippen molar-refractivity contribution in [1.82, 2.24) is 9.55 Å².